The van der Waals surface area contributed by atoms with Gasteiger partial charge in [-0.3, -0.25) is 0 Å². The summed E-state index contributed by atoms with van der Waals surface area (Å²) in [6.45, 7) is 2.14. The van der Waals surface area contributed by atoms with E-state index in [2.05, 4.69) is 6.92 Å². The lowest BCUT2D eigenvalue weighted by atomic mass is 10.0. The molecule has 1 aromatic rings. The van der Waals surface area contributed by atoms with Crippen molar-refractivity contribution in [3.63, 3.8) is 0 Å². The number of unbranched alkanes of at least 4 members (excludes halogenated alkanes) is 1. The molecule has 3 nitrogen and oxygen atoms in total. The lowest BCUT2D eigenvalue weighted by molar-refractivity contribution is 0.354. The topological polar surface area (TPSA) is 44.5 Å². The van der Waals surface area contributed by atoms with Crippen molar-refractivity contribution in [1.29, 1.82) is 0 Å². The summed E-state index contributed by atoms with van der Waals surface area (Å²) in [5.41, 5.74) is 7.03. The zero-order chi connectivity index (χ0) is 12.8. The molecule has 0 saturated carbocycles. The van der Waals surface area contributed by atoms with E-state index in [0.717, 1.165) is 24.8 Å². The lowest BCUT2D eigenvalue weighted by Gasteiger charge is -2.17. The van der Waals surface area contributed by atoms with Gasteiger partial charge in [-0.25, -0.2) is 0 Å². The Morgan fingerprint density at radius 1 is 1.28 bits per heavy atom. The quantitative estimate of drug-likeness (QED) is 0.863. The zero-order valence-electron chi connectivity index (χ0n) is 11.0. The molecule has 0 saturated heterocycles. The number of rotatable bonds is 6. The molecule has 1 atom stereocenters. The van der Waals surface area contributed by atoms with E-state index in [0.29, 0.717) is 16.5 Å². The summed E-state index contributed by atoms with van der Waals surface area (Å²) in [6.07, 6.45) is 3.14. The van der Waals surface area contributed by atoms with Gasteiger partial charge in [0.2, 0.25) is 0 Å². The van der Waals surface area contributed by atoms with E-state index in [1.54, 1.807) is 14.2 Å². The second-order valence-corrected chi connectivity index (χ2v) is 4.33. The maximum atomic E-state index is 6.28. The summed E-state index contributed by atoms with van der Waals surface area (Å²) in [7, 11) is 3.16. The van der Waals surface area contributed by atoms with Crippen molar-refractivity contribution in [2.45, 2.75) is 32.2 Å². The van der Waals surface area contributed by atoms with Gasteiger partial charge < -0.3 is 15.2 Å². The van der Waals surface area contributed by atoms with Crippen molar-refractivity contribution < 1.29 is 9.47 Å². The summed E-state index contributed by atoms with van der Waals surface area (Å²) >= 11 is 6.28. The van der Waals surface area contributed by atoms with Crippen molar-refractivity contribution in [3.8, 4) is 11.5 Å². The summed E-state index contributed by atoms with van der Waals surface area (Å²) < 4.78 is 10.4. The molecule has 2 N–H and O–H groups in total. The molecular weight excluding hydrogens is 273 g/mol. The normalized spacial score (nSPS) is 11.6. The highest BCUT2D eigenvalue weighted by Crippen LogP contribution is 2.39. The number of methoxy groups -OCH3 is 2. The molecule has 0 radical (unpaired) electrons. The maximum absolute atomic E-state index is 6.28. The van der Waals surface area contributed by atoms with Crippen molar-refractivity contribution in [1.82, 2.24) is 0 Å². The van der Waals surface area contributed by atoms with Crippen LogP contribution in [-0.2, 0) is 0 Å². The third-order valence-corrected chi connectivity index (χ3v) is 3.17. The van der Waals surface area contributed by atoms with Crippen molar-refractivity contribution >= 4 is 24.0 Å². The van der Waals surface area contributed by atoms with Crippen LogP contribution in [0.3, 0.4) is 0 Å². The molecule has 0 aromatic heterocycles. The second kappa shape index (κ2) is 8.46. The minimum Gasteiger partial charge on any atom is -0.493 e. The fourth-order valence-electron chi connectivity index (χ4n) is 1.77. The van der Waals surface area contributed by atoms with Crippen LogP contribution < -0.4 is 15.2 Å². The molecule has 0 aliphatic carbocycles. The molecule has 0 heterocycles. The van der Waals surface area contributed by atoms with Crippen molar-refractivity contribution in [2.24, 2.45) is 5.73 Å². The first-order valence-electron chi connectivity index (χ1n) is 5.81. The molecule has 0 spiro atoms. The lowest BCUT2D eigenvalue weighted by Crippen LogP contribution is -2.11. The number of ether oxygens (including phenoxy) is 2. The molecule has 0 aliphatic heterocycles. The third-order valence-electron chi connectivity index (χ3n) is 2.78. The van der Waals surface area contributed by atoms with Gasteiger partial charge in [-0.05, 0) is 18.1 Å². The molecule has 1 rings (SSSR count). The van der Waals surface area contributed by atoms with Gasteiger partial charge in [0.15, 0.2) is 11.5 Å². The first-order chi connectivity index (χ1) is 8.15. The van der Waals surface area contributed by atoms with E-state index in [-0.39, 0.29) is 18.4 Å². The molecule has 0 unspecified atom stereocenters. The molecule has 5 heteroatoms. The predicted octanol–water partition coefficient (Wildman–Crippen LogP) is 3.97. The zero-order valence-corrected chi connectivity index (χ0v) is 12.6. The molecule has 104 valence electrons. The summed E-state index contributed by atoms with van der Waals surface area (Å²) in [5, 5.41) is 0.551. The van der Waals surface area contributed by atoms with Crippen LogP contribution in [-0.4, -0.2) is 14.2 Å². The van der Waals surface area contributed by atoms with Gasteiger partial charge >= 0.3 is 0 Å². The smallest absolute Gasteiger partial charge is 0.179 e. The standard InChI is InChI=1S/C13H20ClNO2.ClH/c1-4-5-6-10(15)9-7-8-11(16-2)13(17-3)12(9)14;/h7-8,10H,4-6,15H2,1-3H3;1H/t10-;/m1./s1. The Hall–Kier alpha value is -0.640. The SMILES string of the molecule is CCCC[C@@H](N)c1ccc(OC)c(OC)c1Cl.Cl. The van der Waals surface area contributed by atoms with E-state index >= 15 is 0 Å². The van der Waals surface area contributed by atoms with E-state index in [1.807, 2.05) is 12.1 Å². The molecule has 0 fully saturated rings. The van der Waals surface area contributed by atoms with Gasteiger partial charge in [-0.2, -0.15) is 0 Å². The Morgan fingerprint density at radius 3 is 2.44 bits per heavy atom. The van der Waals surface area contributed by atoms with E-state index in [4.69, 9.17) is 26.8 Å². The molecule has 0 amide bonds. The minimum absolute atomic E-state index is 0. The van der Waals surface area contributed by atoms with E-state index in [9.17, 15) is 0 Å². The van der Waals surface area contributed by atoms with Gasteiger partial charge in [0, 0.05) is 6.04 Å². The average molecular weight is 294 g/mol. The fraction of sp³-hybridized carbons (Fsp3) is 0.538. The highest BCUT2D eigenvalue weighted by molar-refractivity contribution is 6.33. The Labute approximate surface area is 120 Å². The highest BCUT2D eigenvalue weighted by atomic mass is 35.5. The van der Waals surface area contributed by atoms with E-state index in [1.165, 1.54) is 0 Å². The summed E-state index contributed by atoms with van der Waals surface area (Å²) in [5.74, 6) is 1.18. The molecule has 1 aromatic carbocycles. The summed E-state index contributed by atoms with van der Waals surface area (Å²) in [6, 6.07) is 3.69. The third kappa shape index (κ3) is 3.94. The van der Waals surface area contributed by atoms with Crippen LogP contribution in [0, 0.1) is 0 Å². The first kappa shape index (κ1) is 17.4. The average Bonchev–Trinajstić information content (AvgIpc) is 2.35. The fourth-order valence-corrected chi connectivity index (χ4v) is 2.14. The molecular formula is C13H21Cl2NO2. The Balaban J connectivity index is 0.00000289. The van der Waals surface area contributed by atoms with Gasteiger partial charge in [-0.15, -0.1) is 12.4 Å². The van der Waals surface area contributed by atoms with Crippen LogP contribution in [0.15, 0.2) is 12.1 Å². The molecule has 0 bridgehead atoms. The number of benzene rings is 1. The van der Waals surface area contributed by atoms with E-state index < -0.39 is 0 Å². The van der Waals surface area contributed by atoms with Crippen LogP contribution in [0.2, 0.25) is 5.02 Å². The van der Waals surface area contributed by atoms with Crippen molar-refractivity contribution in [3.05, 3.63) is 22.7 Å². The summed E-state index contributed by atoms with van der Waals surface area (Å²) in [4.78, 5) is 0. The monoisotopic (exact) mass is 293 g/mol. The molecule has 18 heavy (non-hydrogen) atoms. The number of hydrogen-bond donors (Lipinski definition) is 1. The highest BCUT2D eigenvalue weighted by Gasteiger charge is 2.17. The Kier molecular flexibility index (Phi) is 8.16. The van der Waals surface area contributed by atoms with Gasteiger partial charge in [0.05, 0.1) is 19.2 Å². The maximum Gasteiger partial charge on any atom is 0.179 e. The Bertz CT molecular complexity index is 372. The van der Waals surface area contributed by atoms with Crippen LogP contribution in [0.4, 0.5) is 0 Å². The van der Waals surface area contributed by atoms with Gasteiger partial charge in [0.1, 0.15) is 0 Å². The Morgan fingerprint density at radius 2 is 1.94 bits per heavy atom. The number of hydrogen-bond acceptors (Lipinski definition) is 3. The largest absolute Gasteiger partial charge is 0.493 e. The van der Waals surface area contributed by atoms with Crippen LogP contribution >= 0.6 is 24.0 Å². The molecule has 0 aliphatic rings. The van der Waals surface area contributed by atoms with Gasteiger partial charge in [0.25, 0.3) is 0 Å². The van der Waals surface area contributed by atoms with Crippen LogP contribution in [0.5, 0.6) is 11.5 Å². The van der Waals surface area contributed by atoms with Crippen LogP contribution in [0.1, 0.15) is 37.8 Å². The predicted molar refractivity (Wildman–Crippen MR) is 78.3 cm³/mol. The van der Waals surface area contributed by atoms with Crippen molar-refractivity contribution in [2.75, 3.05) is 14.2 Å². The van der Waals surface area contributed by atoms with Gasteiger partial charge in [-0.1, -0.05) is 37.4 Å². The minimum atomic E-state index is -0.0535. The number of nitrogens with two attached hydrogens (primary N) is 1. The second-order valence-electron chi connectivity index (χ2n) is 3.95. The van der Waals surface area contributed by atoms with Crippen LogP contribution in [0.25, 0.3) is 0 Å². The number of halogens is 2. The first-order valence-corrected chi connectivity index (χ1v) is 6.19.